The van der Waals surface area contributed by atoms with Crippen LogP contribution in [0.25, 0.3) is 0 Å². The maximum absolute atomic E-state index is 13.1. The van der Waals surface area contributed by atoms with Crippen molar-refractivity contribution in [2.45, 2.75) is 39.5 Å². The van der Waals surface area contributed by atoms with Crippen LogP contribution in [0.3, 0.4) is 0 Å². The monoisotopic (exact) mass is 416 g/mol. The fourth-order valence-corrected chi connectivity index (χ4v) is 4.10. The van der Waals surface area contributed by atoms with Crippen molar-refractivity contribution in [3.8, 4) is 0 Å². The van der Waals surface area contributed by atoms with E-state index in [0.717, 1.165) is 29.7 Å². The van der Waals surface area contributed by atoms with E-state index in [0.29, 0.717) is 36.5 Å². The summed E-state index contributed by atoms with van der Waals surface area (Å²) in [6.07, 6.45) is 2.75. The summed E-state index contributed by atoms with van der Waals surface area (Å²) in [5.74, 6) is -0.665. The number of likely N-dealkylation sites (tertiary alicyclic amines) is 1. The van der Waals surface area contributed by atoms with Crippen molar-refractivity contribution >= 4 is 29.1 Å². The number of hydrogen-bond acceptors (Lipinski definition) is 2. The van der Waals surface area contributed by atoms with Gasteiger partial charge in [-0.05, 0) is 67.1 Å². The summed E-state index contributed by atoms with van der Waals surface area (Å²) in [6.45, 7) is 5.09. The third kappa shape index (κ3) is 4.78. The number of anilines is 1. The summed E-state index contributed by atoms with van der Waals surface area (Å²) < 4.78 is 13.1. The smallest absolute Gasteiger partial charge is 0.253 e. The molecule has 0 radical (unpaired) electrons. The summed E-state index contributed by atoms with van der Waals surface area (Å²) in [5.41, 5.74) is 3.33. The van der Waals surface area contributed by atoms with Gasteiger partial charge in [0.25, 0.3) is 5.91 Å². The van der Waals surface area contributed by atoms with Crippen molar-refractivity contribution in [3.05, 3.63) is 63.9 Å². The van der Waals surface area contributed by atoms with E-state index in [1.807, 2.05) is 19.1 Å². The zero-order chi connectivity index (χ0) is 21.0. The van der Waals surface area contributed by atoms with Gasteiger partial charge in [0.1, 0.15) is 5.82 Å². The van der Waals surface area contributed by atoms with E-state index in [-0.39, 0.29) is 23.5 Å². The zero-order valence-electron chi connectivity index (χ0n) is 16.8. The number of halogens is 2. The molecule has 1 aliphatic heterocycles. The molecule has 1 heterocycles. The lowest BCUT2D eigenvalue weighted by Crippen LogP contribution is -2.41. The fourth-order valence-electron chi connectivity index (χ4n) is 3.81. The Kier molecular flexibility index (Phi) is 6.91. The Bertz CT molecular complexity index is 890. The molecule has 29 heavy (non-hydrogen) atoms. The molecule has 1 fully saturated rings. The predicted octanol–water partition coefficient (Wildman–Crippen LogP) is 5.09. The molecule has 1 saturated heterocycles. The minimum absolute atomic E-state index is 0.0226. The molecular weight excluding hydrogens is 391 g/mol. The van der Waals surface area contributed by atoms with Crippen LogP contribution >= 0.6 is 11.6 Å². The Morgan fingerprint density at radius 1 is 1.07 bits per heavy atom. The second kappa shape index (κ2) is 9.40. The molecule has 0 aromatic heterocycles. The lowest BCUT2D eigenvalue weighted by molar-refractivity contribution is -0.121. The van der Waals surface area contributed by atoms with Gasteiger partial charge in [-0.2, -0.15) is 0 Å². The van der Waals surface area contributed by atoms with E-state index in [2.05, 4.69) is 12.2 Å². The van der Waals surface area contributed by atoms with Gasteiger partial charge in [-0.25, -0.2) is 4.39 Å². The van der Waals surface area contributed by atoms with Gasteiger partial charge >= 0.3 is 0 Å². The summed E-state index contributed by atoms with van der Waals surface area (Å²) >= 11 is 6.33. The number of carbonyl (C=O) groups excluding carboxylic acids is 2. The third-order valence-electron chi connectivity index (χ3n) is 5.57. The number of rotatable bonds is 5. The van der Waals surface area contributed by atoms with Crippen LogP contribution in [0.15, 0.2) is 36.4 Å². The van der Waals surface area contributed by atoms with E-state index < -0.39 is 0 Å². The van der Waals surface area contributed by atoms with Crippen LogP contribution in [0.4, 0.5) is 10.1 Å². The number of piperidine rings is 1. The molecule has 0 bridgehead atoms. The van der Waals surface area contributed by atoms with Gasteiger partial charge in [-0.1, -0.05) is 31.5 Å². The van der Waals surface area contributed by atoms with Crippen LogP contribution in [-0.4, -0.2) is 29.8 Å². The molecule has 2 aromatic carbocycles. The van der Waals surface area contributed by atoms with Crippen molar-refractivity contribution in [2.75, 3.05) is 18.4 Å². The number of aryl methyl sites for hydroxylation is 1. The highest BCUT2D eigenvalue weighted by molar-refractivity contribution is 6.32. The normalized spacial score (nSPS) is 14.7. The fraction of sp³-hybridized carbons (Fsp3) is 0.391. The van der Waals surface area contributed by atoms with Crippen LogP contribution in [0, 0.1) is 11.7 Å². The van der Waals surface area contributed by atoms with Crippen molar-refractivity contribution in [1.29, 1.82) is 0 Å². The topological polar surface area (TPSA) is 49.4 Å². The lowest BCUT2D eigenvalue weighted by Gasteiger charge is -2.31. The average molecular weight is 417 g/mol. The number of carbonyl (C=O) groups is 2. The van der Waals surface area contributed by atoms with Crippen molar-refractivity contribution in [1.82, 2.24) is 4.90 Å². The SMILES string of the molecule is CCc1ccc(Cl)c(CC)c1NC(=O)C1CCN(C(=O)c2ccc(F)cc2)CC1. The molecular formula is C23H26ClFN2O2. The molecule has 154 valence electrons. The number of nitrogens with zero attached hydrogens (tertiary/aromatic N) is 1. The Morgan fingerprint density at radius 3 is 2.31 bits per heavy atom. The first-order valence-electron chi connectivity index (χ1n) is 10.1. The second-order valence-corrected chi connectivity index (χ2v) is 7.74. The zero-order valence-corrected chi connectivity index (χ0v) is 17.6. The largest absolute Gasteiger partial charge is 0.339 e. The minimum atomic E-state index is -0.365. The van der Waals surface area contributed by atoms with E-state index in [1.54, 1.807) is 4.90 Å². The van der Waals surface area contributed by atoms with Gasteiger partial charge in [0.05, 0.1) is 0 Å². The molecule has 0 saturated carbocycles. The number of hydrogen-bond donors (Lipinski definition) is 1. The van der Waals surface area contributed by atoms with Crippen LogP contribution in [0.2, 0.25) is 5.02 Å². The molecule has 0 aliphatic carbocycles. The maximum Gasteiger partial charge on any atom is 0.253 e. The average Bonchev–Trinajstić information content (AvgIpc) is 2.74. The maximum atomic E-state index is 13.1. The quantitative estimate of drug-likeness (QED) is 0.737. The summed E-state index contributed by atoms with van der Waals surface area (Å²) in [7, 11) is 0. The predicted molar refractivity (Wildman–Crippen MR) is 114 cm³/mol. The Morgan fingerprint density at radius 2 is 1.72 bits per heavy atom. The molecule has 2 aromatic rings. The lowest BCUT2D eigenvalue weighted by atomic mass is 9.94. The Hall–Kier alpha value is -2.40. The molecule has 0 atom stereocenters. The van der Waals surface area contributed by atoms with E-state index in [4.69, 9.17) is 11.6 Å². The van der Waals surface area contributed by atoms with Crippen LogP contribution in [0.5, 0.6) is 0 Å². The van der Waals surface area contributed by atoms with Crippen LogP contribution < -0.4 is 5.32 Å². The highest BCUT2D eigenvalue weighted by Gasteiger charge is 2.28. The summed E-state index contributed by atoms with van der Waals surface area (Å²) in [5, 5.41) is 3.77. The molecule has 0 unspecified atom stereocenters. The third-order valence-corrected chi connectivity index (χ3v) is 5.92. The highest BCUT2D eigenvalue weighted by Crippen LogP contribution is 2.31. The molecule has 1 N–H and O–H groups in total. The molecule has 6 heteroatoms. The van der Waals surface area contributed by atoms with Crippen molar-refractivity contribution in [3.63, 3.8) is 0 Å². The van der Waals surface area contributed by atoms with Crippen molar-refractivity contribution in [2.24, 2.45) is 5.92 Å². The summed E-state index contributed by atoms with van der Waals surface area (Å²) in [4.78, 5) is 27.2. The van der Waals surface area contributed by atoms with Gasteiger partial charge in [-0.15, -0.1) is 0 Å². The molecule has 0 spiro atoms. The standard InChI is InChI=1S/C23H26ClFN2O2/c1-3-15-7-10-20(24)19(4-2)21(15)26-22(28)16-11-13-27(14-12-16)23(29)17-5-8-18(25)9-6-17/h5-10,16H,3-4,11-14H2,1-2H3,(H,26,28). The number of benzene rings is 2. The molecule has 1 aliphatic rings. The first-order valence-corrected chi connectivity index (χ1v) is 10.5. The van der Waals surface area contributed by atoms with Crippen LogP contribution in [0.1, 0.15) is 48.2 Å². The van der Waals surface area contributed by atoms with Gasteiger partial charge in [-0.3, -0.25) is 9.59 Å². The van der Waals surface area contributed by atoms with Gasteiger partial charge < -0.3 is 10.2 Å². The number of amides is 2. The van der Waals surface area contributed by atoms with Gasteiger partial charge in [0.2, 0.25) is 5.91 Å². The molecule has 3 rings (SSSR count). The van der Waals surface area contributed by atoms with E-state index >= 15 is 0 Å². The Labute approximate surface area is 176 Å². The van der Waals surface area contributed by atoms with E-state index in [1.165, 1.54) is 24.3 Å². The molecule has 4 nitrogen and oxygen atoms in total. The van der Waals surface area contributed by atoms with Gasteiger partial charge in [0.15, 0.2) is 0 Å². The van der Waals surface area contributed by atoms with Gasteiger partial charge in [0, 0.05) is 35.3 Å². The minimum Gasteiger partial charge on any atom is -0.339 e. The first-order chi connectivity index (χ1) is 13.9. The second-order valence-electron chi connectivity index (χ2n) is 7.33. The highest BCUT2D eigenvalue weighted by atomic mass is 35.5. The summed E-state index contributed by atoms with van der Waals surface area (Å²) in [6, 6.07) is 9.40. The van der Waals surface area contributed by atoms with E-state index in [9.17, 15) is 14.0 Å². The Balaban J connectivity index is 1.64. The van der Waals surface area contributed by atoms with Crippen molar-refractivity contribution < 1.29 is 14.0 Å². The van der Waals surface area contributed by atoms with Crippen LogP contribution in [-0.2, 0) is 17.6 Å². The molecule has 2 amide bonds. The first kappa shape index (κ1) is 21.3. The number of nitrogens with one attached hydrogen (secondary N) is 1.